The number of anilines is 3. The molecule has 3 nitrogen and oxygen atoms in total. The first-order chi connectivity index (χ1) is 20.6. The predicted octanol–water partition coefficient (Wildman–Crippen LogP) is 10.8. The molecule has 42 heavy (non-hydrogen) atoms. The lowest BCUT2D eigenvalue weighted by Gasteiger charge is -2.34. The second-order valence-corrected chi connectivity index (χ2v) is 12.2. The fourth-order valence-corrected chi connectivity index (χ4v) is 7.78. The number of benzene rings is 6. The predicted molar refractivity (Wildman–Crippen MR) is 174 cm³/mol. The number of fused-ring (bicyclic) bond motifs is 11. The van der Waals surface area contributed by atoms with Crippen molar-refractivity contribution in [2.24, 2.45) is 0 Å². The van der Waals surface area contributed by atoms with Crippen LogP contribution < -0.4 is 4.90 Å². The van der Waals surface area contributed by atoms with Crippen LogP contribution in [0.1, 0.15) is 25.0 Å². The monoisotopic (exact) mass is 538 g/mol. The topological polar surface area (TPSA) is 21.3 Å². The maximum atomic E-state index is 6.33. The van der Waals surface area contributed by atoms with Gasteiger partial charge in [0.05, 0.1) is 28.1 Å². The van der Waals surface area contributed by atoms with Crippen molar-refractivity contribution in [2.75, 3.05) is 4.90 Å². The van der Waals surface area contributed by atoms with E-state index in [1.807, 2.05) is 6.07 Å². The summed E-state index contributed by atoms with van der Waals surface area (Å²) in [6, 6.07) is 44.3. The average Bonchev–Trinajstić information content (AvgIpc) is 3.63. The van der Waals surface area contributed by atoms with E-state index in [0.717, 1.165) is 21.9 Å². The maximum absolute atomic E-state index is 6.33. The lowest BCUT2D eigenvalue weighted by Crippen LogP contribution is -2.19. The highest BCUT2D eigenvalue weighted by molar-refractivity contribution is 6.21. The normalized spacial score (nSPS) is 14.6. The lowest BCUT2D eigenvalue weighted by molar-refractivity contribution is 0.660. The molecule has 0 saturated carbocycles. The molecule has 3 heterocycles. The van der Waals surface area contributed by atoms with E-state index < -0.39 is 0 Å². The zero-order chi connectivity index (χ0) is 27.7. The molecule has 198 valence electrons. The third kappa shape index (κ3) is 2.62. The SMILES string of the molecule is CC1(C)c2ccccc2-c2ccc(N3c4ccccc4-n4c5cc6c(cc5c5cccc3c54)oc3ccccc36)cc21. The molecule has 6 aromatic carbocycles. The summed E-state index contributed by atoms with van der Waals surface area (Å²) in [6.45, 7) is 4.70. The van der Waals surface area contributed by atoms with E-state index in [1.165, 1.54) is 66.8 Å². The quantitative estimate of drug-likeness (QED) is 0.207. The van der Waals surface area contributed by atoms with E-state index in [-0.39, 0.29) is 5.41 Å². The Morgan fingerprint density at radius 3 is 2.19 bits per heavy atom. The van der Waals surface area contributed by atoms with Crippen LogP contribution in [0.3, 0.4) is 0 Å². The van der Waals surface area contributed by atoms with Gasteiger partial charge in [0.15, 0.2) is 0 Å². The van der Waals surface area contributed by atoms with Crippen molar-refractivity contribution in [3.05, 3.63) is 132 Å². The van der Waals surface area contributed by atoms with E-state index in [0.29, 0.717) is 0 Å². The molecule has 2 aliphatic rings. The molecule has 3 heteroatoms. The Morgan fingerprint density at radius 1 is 0.524 bits per heavy atom. The Bertz CT molecular complexity index is 2460. The number of furan rings is 1. The van der Waals surface area contributed by atoms with Crippen molar-refractivity contribution in [3.8, 4) is 16.8 Å². The van der Waals surface area contributed by atoms with Crippen molar-refractivity contribution < 1.29 is 4.42 Å². The summed E-state index contributed by atoms with van der Waals surface area (Å²) in [6.07, 6.45) is 0. The van der Waals surface area contributed by atoms with Gasteiger partial charge in [-0.3, -0.25) is 0 Å². The van der Waals surface area contributed by atoms with Crippen LogP contribution in [-0.4, -0.2) is 4.57 Å². The molecule has 8 aromatic rings. The molecule has 0 radical (unpaired) electrons. The van der Waals surface area contributed by atoms with Gasteiger partial charge in [-0.2, -0.15) is 0 Å². The molecule has 0 N–H and O–H groups in total. The van der Waals surface area contributed by atoms with Crippen LogP contribution in [0.2, 0.25) is 0 Å². The number of para-hydroxylation sites is 4. The highest BCUT2D eigenvalue weighted by Crippen LogP contribution is 2.53. The molecular formula is C39H26N2O. The molecule has 1 aliphatic heterocycles. The van der Waals surface area contributed by atoms with Gasteiger partial charge in [0.2, 0.25) is 0 Å². The van der Waals surface area contributed by atoms with E-state index >= 15 is 0 Å². The molecule has 1 aliphatic carbocycles. The summed E-state index contributed by atoms with van der Waals surface area (Å²) in [7, 11) is 0. The Kier molecular flexibility index (Phi) is 4.01. The van der Waals surface area contributed by atoms with Crippen LogP contribution in [0.25, 0.3) is 60.6 Å². The average molecular weight is 539 g/mol. The van der Waals surface area contributed by atoms with Gasteiger partial charge in [0.25, 0.3) is 0 Å². The first-order valence-electron chi connectivity index (χ1n) is 14.6. The lowest BCUT2D eigenvalue weighted by atomic mass is 9.82. The fourth-order valence-electron chi connectivity index (χ4n) is 7.78. The molecule has 0 atom stereocenters. The minimum atomic E-state index is -0.0605. The van der Waals surface area contributed by atoms with Gasteiger partial charge >= 0.3 is 0 Å². The van der Waals surface area contributed by atoms with Crippen LogP contribution >= 0.6 is 0 Å². The summed E-state index contributed by atoms with van der Waals surface area (Å²) in [5.74, 6) is 0. The minimum Gasteiger partial charge on any atom is -0.456 e. The van der Waals surface area contributed by atoms with Crippen LogP contribution in [-0.2, 0) is 5.41 Å². The molecule has 10 rings (SSSR count). The molecule has 0 bridgehead atoms. The first-order valence-corrected chi connectivity index (χ1v) is 14.6. The third-order valence-electron chi connectivity index (χ3n) is 9.69. The second-order valence-electron chi connectivity index (χ2n) is 12.2. The zero-order valence-corrected chi connectivity index (χ0v) is 23.3. The molecule has 0 unspecified atom stereocenters. The van der Waals surface area contributed by atoms with Gasteiger partial charge in [-0.25, -0.2) is 0 Å². The van der Waals surface area contributed by atoms with E-state index in [1.54, 1.807) is 0 Å². The number of nitrogens with zero attached hydrogens (tertiary/aromatic N) is 2. The Labute approximate surface area is 242 Å². The molecule has 0 spiro atoms. The van der Waals surface area contributed by atoms with Gasteiger partial charge in [-0.05, 0) is 70.8 Å². The van der Waals surface area contributed by atoms with Crippen molar-refractivity contribution in [1.29, 1.82) is 0 Å². The molecule has 0 fully saturated rings. The summed E-state index contributed by atoms with van der Waals surface area (Å²) in [4.78, 5) is 2.45. The van der Waals surface area contributed by atoms with Gasteiger partial charge in [-0.1, -0.05) is 86.6 Å². The van der Waals surface area contributed by atoms with E-state index in [4.69, 9.17) is 4.42 Å². The molecular weight excluding hydrogens is 512 g/mol. The van der Waals surface area contributed by atoms with Gasteiger partial charge in [0.1, 0.15) is 11.2 Å². The second kappa shape index (κ2) is 7.51. The summed E-state index contributed by atoms with van der Waals surface area (Å²) in [5, 5.41) is 4.75. The van der Waals surface area contributed by atoms with Crippen molar-refractivity contribution >= 4 is 60.8 Å². The van der Waals surface area contributed by atoms with Crippen LogP contribution in [0.5, 0.6) is 0 Å². The number of rotatable bonds is 1. The molecule has 2 aromatic heterocycles. The van der Waals surface area contributed by atoms with Crippen LogP contribution in [0.4, 0.5) is 17.1 Å². The van der Waals surface area contributed by atoms with Crippen molar-refractivity contribution in [1.82, 2.24) is 4.57 Å². The number of hydrogen-bond acceptors (Lipinski definition) is 2. The minimum absolute atomic E-state index is 0.0605. The Hall–Kier alpha value is -5.28. The summed E-state index contributed by atoms with van der Waals surface area (Å²) < 4.78 is 8.79. The van der Waals surface area contributed by atoms with Crippen LogP contribution in [0.15, 0.2) is 126 Å². The van der Waals surface area contributed by atoms with Crippen LogP contribution in [0, 0.1) is 0 Å². The van der Waals surface area contributed by atoms with E-state index in [2.05, 4.69) is 139 Å². The smallest absolute Gasteiger partial charge is 0.136 e. The maximum Gasteiger partial charge on any atom is 0.136 e. The van der Waals surface area contributed by atoms with Crippen molar-refractivity contribution in [3.63, 3.8) is 0 Å². The highest BCUT2D eigenvalue weighted by Gasteiger charge is 2.36. The molecule has 0 saturated heterocycles. The van der Waals surface area contributed by atoms with Gasteiger partial charge in [0, 0.05) is 32.6 Å². The number of hydrogen-bond donors (Lipinski definition) is 0. The summed E-state index contributed by atoms with van der Waals surface area (Å²) >= 11 is 0. The third-order valence-corrected chi connectivity index (χ3v) is 9.69. The van der Waals surface area contributed by atoms with Gasteiger partial charge < -0.3 is 13.9 Å². The standard InChI is InChI=1S/C39H26N2O/c1-39(2)30-13-5-3-10-24(30)25-19-18-23(20-31(25)39)40-32-14-6-7-15-33(32)41-35-21-29-26-11-4-8-17-36(26)42-37(29)22-28(35)27-12-9-16-34(40)38(27)41/h3-22H,1-2H3. The highest BCUT2D eigenvalue weighted by atomic mass is 16.3. The van der Waals surface area contributed by atoms with E-state index in [9.17, 15) is 0 Å². The molecule has 0 amide bonds. The van der Waals surface area contributed by atoms with Crippen molar-refractivity contribution in [2.45, 2.75) is 19.3 Å². The first kappa shape index (κ1) is 22.4. The largest absolute Gasteiger partial charge is 0.456 e. The number of aromatic nitrogens is 1. The van der Waals surface area contributed by atoms with Gasteiger partial charge in [-0.15, -0.1) is 0 Å². The Morgan fingerprint density at radius 2 is 1.26 bits per heavy atom. The zero-order valence-electron chi connectivity index (χ0n) is 23.3. The Balaban J connectivity index is 1.28. The fraction of sp³-hybridized carbons (Fsp3) is 0.0769. The summed E-state index contributed by atoms with van der Waals surface area (Å²) in [5.41, 5.74) is 14.4.